The van der Waals surface area contributed by atoms with Crippen LogP contribution in [0.4, 0.5) is 0 Å². The van der Waals surface area contributed by atoms with Crippen molar-refractivity contribution in [2.75, 3.05) is 48.8 Å². The molecule has 0 saturated heterocycles. The molecule has 2 fully saturated rings. The molecule has 0 aromatic heterocycles. The van der Waals surface area contributed by atoms with Gasteiger partial charge in [-0.3, -0.25) is 0 Å². The summed E-state index contributed by atoms with van der Waals surface area (Å²) < 4.78 is 1.19. The van der Waals surface area contributed by atoms with Gasteiger partial charge in [0.25, 0.3) is 0 Å². The second-order valence-corrected chi connectivity index (χ2v) is 11.3. The maximum Gasteiger partial charge on any atom is 0.125 e. The number of nitrogens with one attached hydrogen (secondary N) is 1. The van der Waals surface area contributed by atoms with Gasteiger partial charge in [0.1, 0.15) is 6.04 Å². The number of allylic oxidation sites excluding steroid dienone is 4. The lowest BCUT2D eigenvalue weighted by Gasteiger charge is -2.43. The van der Waals surface area contributed by atoms with Crippen molar-refractivity contribution in [1.82, 2.24) is 4.90 Å². The number of rotatable bonds is 6. The largest absolute Gasteiger partial charge is 0.331 e. The molecule has 0 aromatic carbocycles. The highest BCUT2D eigenvalue weighted by atomic mass is 15.3. The van der Waals surface area contributed by atoms with E-state index in [9.17, 15) is 0 Å². The molecule has 30 heavy (non-hydrogen) atoms. The molecule has 1 N–H and O–H groups in total. The summed E-state index contributed by atoms with van der Waals surface area (Å²) in [5.74, 6) is 1.59. The van der Waals surface area contributed by atoms with E-state index in [0.29, 0.717) is 6.04 Å². The Hall–Kier alpha value is -0.900. The number of likely N-dealkylation sites (N-methyl/N-ethyl adjacent to an activating group) is 1. The fraction of sp³-hybridized carbons (Fsp3) is 0.778. The van der Waals surface area contributed by atoms with Gasteiger partial charge in [-0.1, -0.05) is 17.7 Å². The average Bonchev–Trinajstić information content (AvgIpc) is 2.75. The Morgan fingerprint density at radius 3 is 1.83 bits per heavy atom. The van der Waals surface area contributed by atoms with E-state index in [0.717, 1.165) is 23.9 Å². The summed E-state index contributed by atoms with van der Waals surface area (Å²) in [4.78, 5) is 3.94. The van der Waals surface area contributed by atoms with Gasteiger partial charge >= 0.3 is 0 Å². The maximum atomic E-state index is 2.48. The second kappa shape index (κ2) is 10.1. The van der Waals surface area contributed by atoms with E-state index < -0.39 is 0 Å². The first-order valence-electron chi connectivity index (χ1n) is 12.6. The van der Waals surface area contributed by atoms with E-state index in [-0.39, 0.29) is 0 Å². The fourth-order valence-corrected chi connectivity index (χ4v) is 6.16. The zero-order chi connectivity index (χ0) is 21.9. The van der Waals surface area contributed by atoms with Crippen LogP contribution in [0.1, 0.15) is 58.3 Å². The minimum Gasteiger partial charge on any atom is -0.331 e. The molecule has 0 aliphatic heterocycles. The van der Waals surface area contributed by atoms with Gasteiger partial charge in [-0.15, -0.1) is 0 Å². The van der Waals surface area contributed by atoms with E-state index in [2.05, 4.69) is 78.4 Å². The number of hydrogen-bond acceptors (Lipinski definition) is 1. The summed E-state index contributed by atoms with van der Waals surface area (Å²) in [7, 11) is 13.9. The minimum absolute atomic E-state index is 0.526. The van der Waals surface area contributed by atoms with Crippen LogP contribution in [0.2, 0.25) is 0 Å². The van der Waals surface area contributed by atoms with Crippen molar-refractivity contribution < 1.29 is 9.38 Å². The van der Waals surface area contributed by atoms with Crippen molar-refractivity contribution in [2.45, 2.75) is 76.4 Å². The standard InChI is InChI=1S/C27H48N3/c1-8-30(6,7)26-19-13-23(14-20-26)27(21-9-15-24(16-10-21)28(2)3)22-11-17-25(18-12-22)29(4)5/h9-10,15-16,22-26H,8,11-14,17-20H2,1-7H3/q+1/p+1. The summed E-state index contributed by atoms with van der Waals surface area (Å²) in [6, 6.07) is 2.16. The fourth-order valence-electron chi connectivity index (χ4n) is 6.16. The number of nitrogens with zero attached hydrogens (tertiary/aromatic N) is 2. The second-order valence-electron chi connectivity index (χ2n) is 11.3. The third-order valence-corrected chi connectivity index (χ3v) is 8.77. The van der Waals surface area contributed by atoms with Crippen LogP contribution in [-0.4, -0.2) is 76.3 Å². The van der Waals surface area contributed by atoms with Crippen LogP contribution in [0.15, 0.2) is 35.5 Å². The summed E-state index contributed by atoms with van der Waals surface area (Å²) in [6.07, 6.45) is 20.9. The van der Waals surface area contributed by atoms with Gasteiger partial charge in [0, 0.05) is 6.04 Å². The quantitative estimate of drug-likeness (QED) is 0.650. The van der Waals surface area contributed by atoms with E-state index in [1.807, 2.05) is 5.57 Å². The first-order valence-corrected chi connectivity index (χ1v) is 12.6. The van der Waals surface area contributed by atoms with Crippen LogP contribution < -0.4 is 4.90 Å². The first kappa shape index (κ1) is 23.8. The highest BCUT2D eigenvalue weighted by Gasteiger charge is 2.36. The summed E-state index contributed by atoms with van der Waals surface area (Å²) in [5.41, 5.74) is 3.39. The Morgan fingerprint density at radius 1 is 0.900 bits per heavy atom. The monoisotopic (exact) mass is 415 g/mol. The lowest BCUT2D eigenvalue weighted by Crippen LogP contribution is -3.09. The van der Waals surface area contributed by atoms with E-state index >= 15 is 0 Å². The van der Waals surface area contributed by atoms with E-state index in [1.165, 1.54) is 67.3 Å². The predicted molar refractivity (Wildman–Crippen MR) is 130 cm³/mol. The molecular weight excluding hydrogens is 366 g/mol. The molecule has 170 valence electrons. The Balaban J connectivity index is 1.79. The highest BCUT2D eigenvalue weighted by Crippen LogP contribution is 2.43. The lowest BCUT2D eigenvalue weighted by molar-refractivity contribution is -0.914. The molecule has 0 spiro atoms. The molecule has 3 rings (SSSR count). The molecule has 0 aromatic rings. The minimum atomic E-state index is 0.526. The Bertz CT molecular complexity index is 623. The van der Waals surface area contributed by atoms with Crippen LogP contribution in [-0.2, 0) is 0 Å². The molecule has 0 atom stereocenters. The average molecular weight is 416 g/mol. The van der Waals surface area contributed by atoms with Crippen molar-refractivity contribution in [3.8, 4) is 0 Å². The topological polar surface area (TPSA) is 7.68 Å². The van der Waals surface area contributed by atoms with Crippen LogP contribution in [0, 0.1) is 11.8 Å². The van der Waals surface area contributed by atoms with Crippen molar-refractivity contribution in [1.29, 1.82) is 0 Å². The van der Waals surface area contributed by atoms with Gasteiger partial charge in [0.15, 0.2) is 0 Å². The predicted octanol–water partition coefficient (Wildman–Crippen LogP) is 3.70. The molecule has 3 heteroatoms. The molecule has 3 aliphatic rings. The van der Waals surface area contributed by atoms with E-state index in [4.69, 9.17) is 0 Å². The van der Waals surface area contributed by atoms with Gasteiger partial charge in [-0.05, 0) is 102 Å². The SMILES string of the molecule is CC[N+](C)(C)C1CCC(C(=C2C=CC([NH+](C)C)C=C2)C2CCC(N(C)C)CC2)CC1. The van der Waals surface area contributed by atoms with Gasteiger partial charge < -0.3 is 14.3 Å². The van der Waals surface area contributed by atoms with Crippen molar-refractivity contribution in [3.05, 3.63) is 35.5 Å². The Kier molecular flexibility index (Phi) is 8.03. The summed E-state index contributed by atoms with van der Waals surface area (Å²) in [5, 5.41) is 0. The van der Waals surface area contributed by atoms with Gasteiger partial charge in [0.05, 0.1) is 40.8 Å². The summed E-state index contributed by atoms with van der Waals surface area (Å²) >= 11 is 0. The molecule has 3 aliphatic carbocycles. The van der Waals surface area contributed by atoms with Crippen LogP contribution in [0.25, 0.3) is 0 Å². The third-order valence-electron chi connectivity index (χ3n) is 8.77. The lowest BCUT2D eigenvalue weighted by atomic mass is 9.69. The van der Waals surface area contributed by atoms with Gasteiger partial charge in [-0.2, -0.15) is 0 Å². The van der Waals surface area contributed by atoms with Crippen molar-refractivity contribution in [2.24, 2.45) is 11.8 Å². The van der Waals surface area contributed by atoms with Gasteiger partial charge in [-0.25, -0.2) is 0 Å². The summed E-state index contributed by atoms with van der Waals surface area (Å²) in [6.45, 7) is 3.60. The first-order chi connectivity index (χ1) is 14.2. The van der Waals surface area contributed by atoms with E-state index in [1.54, 1.807) is 5.57 Å². The van der Waals surface area contributed by atoms with Crippen molar-refractivity contribution in [3.63, 3.8) is 0 Å². The normalized spacial score (nSPS) is 32.8. The molecule has 0 amide bonds. The molecular formula is C27H49N3+2. The van der Waals surface area contributed by atoms with Gasteiger partial charge in [0.2, 0.25) is 0 Å². The molecule has 2 saturated carbocycles. The molecule has 3 nitrogen and oxygen atoms in total. The molecule has 0 unspecified atom stereocenters. The maximum absolute atomic E-state index is 2.48. The number of hydrogen-bond donors (Lipinski definition) is 1. The smallest absolute Gasteiger partial charge is 0.125 e. The third kappa shape index (κ3) is 5.47. The molecule has 0 heterocycles. The zero-order valence-corrected chi connectivity index (χ0v) is 21.0. The Morgan fingerprint density at radius 2 is 1.40 bits per heavy atom. The number of quaternary nitrogens is 2. The van der Waals surface area contributed by atoms with Crippen LogP contribution >= 0.6 is 0 Å². The highest BCUT2D eigenvalue weighted by molar-refractivity contribution is 5.42. The van der Waals surface area contributed by atoms with Crippen LogP contribution in [0.3, 0.4) is 0 Å². The van der Waals surface area contributed by atoms with Crippen molar-refractivity contribution >= 4 is 0 Å². The molecule has 0 radical (unpaired) electrons. The molecule has 0 bridgehead atoms. The Labute approximate surface area is 187 Å². The van der Waals surface area contributed by atoms with Crippen LogP contribution in [0.5, 0.6) is 0 Å². The zero-order valence-electron chi connectivity index (χ0n) is 21.0.